The molecule has 0 aromatic heterocycles. The van der Waals surface area contributed by atoms with Crippen LogP contribution in [0.3, 0.4) is 0 Å². The minimum atomic E-state index is -0.287. The summed E-state index contributed by atoms with van der Waals surface area (Å²) in [5.74, 6) is -0.287. The monoisotopic (exact) mass is 240 g/mol. The Morgan fingerprint density at radius 2 is 2.06 bits per heavy atom. The molecule has 0 heterocycles. The summed E-state index contributed by atoms with van der Waals surface area (Å²) >= 11 is 0. The standard InChI is InChI=1S/C12H17FN2O2/c1-9(10-3-5-11(13)6-4-10)15-12(16)14-7-8-17-2/h3-6,9H,7-8H2,1-2H3,(H2,14,15,16)/t9-/m1/s1. The predicted octanol–water partition coefficient (Wildman–Crippen LogP) is 1.83. The number of halogens is 1. The Morgan fingerprint density at radius 1 is 1.41 bits per heavy atom. The Kier molecular flexibility index (Phi) is 5.42. The zero-order chi connectivity index (χ0) is 12.7. The van der Waals surface area contributed by atoms with Crippen molar-refractivity contribution in [3.8, 4) is 0 Å². The van der Waals surface area contributed by atoms with Crippen LogP contribution in [-0.2, 0) is 4.74 Å². The fourth-order valence-corrected chi connectivity index (χ4v) is 1.35. The van der Waals surface area contributed by atoms with E-state index in [1.165, 1.54) is 12.1 Å². The number of rotatable bonds is 5. The van der Waals surface area contributed by atoms with Gasteiger partial charge >= 0.3 is 6.03 Å². The van der Waals surface area contributed by atoms with E-state index < -0.39 is 0 Å². The zero-order valence-corrected chi connectivity index (χ0v) is 10.00. The molecule has 0 bridgehead atoms. The van der Waals surface area contributed by atoms with Crippen LogP contribution in [0.25, 0.3) is 0 Å². The van der Waals surface area contributed by atoms with Gasteiger partial charge in [0.05, 0.1) is 12.6 Å². The van der Waals surface area contributed by atoms with Gasteiger partial charge in [0.15, 0.2) is 0 Å². The quantitative estimate of drug-likeness (QED) is 0.771. The van der Waals surface area contributed by atoms with Crippen LogP contribution >= 0.6 is 0 Å². The van der Waals surface area contributed by atoms with E-state index in [1.807, 2.05) is 6.92 Å². The fourth-order valence-electron chi connectivity index (χ4n) is 1.35. The van der Waals surface area contributed by atoms with E-state index in [2.05, 4.69) is 10.6 Å². The van der Waals surface area contributed by atoms with E-state index in [0.29, 0.717) is 13.2 Å². The van der Waals surface area contributed by atoms with E-state index in [0.717, 1.165) is 5.56 Å². The average molecular weight is 240 g/mol. The number of ether oxygens (including phenoxy) is 1. The number of benzene rings is 1. The molecule has 0 saturated heterocycles. The van der Waals surface area contributed by atoms with Gasteiger partial charge in [-0.2, -0.15) is 0 Å². The van der Waals surface area contributed by atoms with Gasteiger partial charge in [-0.25, -0.2) is 9.18 Å². The topological polar surface area (TPSA) is 50.4 Å². The number of hydrogen-bond acceptors (Lipinski definition) is 2. The molecule has 0 spiro atoms. The lowest BCUT2D eigenvalue weighted by Crippen LogP contribution is -2.38. The van der Waals surface area contributed by atoms with Crippen LogP contribution in [0.1, 0.15) is 18.5 Å². The molecule has 0 saturated carbocycles. The van der Waals surface area contributed by atoms with Crippen molar-refractivity contribution in [3.05, 3.63) is 35.6 Å². The lowest BCUT2D eigenvalue weighted by atomic mass is 10.1. The predicted molar refractivity (Wildman–Crippen MR) is 63.2 cm³/mol. The van der Waals surface area contributed by atoms with Gasteiger partial charge in [0.2, 0.25) is 0 Å². The maximum atomic E-state index is 12.7. The molecule has 4 nitrogen and oxygen atoms in total. The van der Waals surface area contributed by atoms with Crippen LogP contribution in [0.4, 0.5) is 9.18 Å². The summed E-state index contributed by atoms with van der Waals surface area (Å²) in [6.45, 7) is 2.76. The summed E-state index contributed by atoms with van der Waals surface area (Å²) in [7, 11) is 1.57. The summed E-state index contributed by atoms with van der Waals surface area (Å²) in [6.07, 6.45) is 0. The number of urea groups is 1. The second-order valence-corrected chi connectivity index (χ2v) is 3.67. The van der Waals surface area contributed by atoms with Crippen molar-refractivity contribution >= 4 is 6.03 Å². The molecule has 5 heteroatoms. The zero-order valence-electron chi connectivity index (χ0n) is 10.00. The molecule has 0 aliphatic carbocycles. The van der Waals surface area contributed by atoms with Crippen LogP contribution in [-0.4, -0.2) is 26.3 Å². The number of carbonyl (C=O) groups excluding carboxylic acids is 1. The van der Waals surface area contributed by atoms with Gasteiger partial charge in [-0.15, -0.1) is 0 Å². The third-order valence-electron chi connectivity index (χ3n) is 2.31. The number of methoxy groups -OCH3 is 1. The van der Waals surface area contributed by atoms with Crippen LogP contribution in [0.2, 0.25) is 0 Å². The Hall–Kier alpha value is -1.62. The minimum Gasteiger partial charge on any atom is -0.383 e. The van der Waals surface area contributed by atoms with Crippen molar-refractivity contribution in [2.45, 2.75) is 13.0 Å². The molecular formula is C12H17FN2O2. The highest BCUT2D eigenvalue weighted by Gasteiger charge is 2.08. The summed E-state index contributed by atoms with van der Waals surface area (Å²) in [5.41, 5.74) is 0.855. The summed E-state index contributed by atoms with van der Waals surface area (Å²) < 4.78 is 17.5. The van der Waals surface area contributed by atoms with E-state index in [4.69, 9.17) is 4.74 Å². The largest absolute Gasteiger partial charge is 0.383 e. The summed E-state index contributed by atoms with van der Waals surface area (Å²) in [4.78, 5) is 11.4. The van der Waals surface area contributed by atoms with Crippen molar-refractivity contribution < 1.29 is 13.9 Å². The Bertz CT molecular complexity index is 354. The van der Waals surface area contributed by atoms with Crippen LogP contribution < -0.4 is 10.6 Å². The molecule has 2 amide bonds. The van der Waals surface area contributed by atoms with Gasteiger partial charge in [-0.05, 0) is 24.6 Å². The first-order valence-corrected chi connectivity index (χ1v) is 5.42. The number of hydrogen-bond donors (Lipinski definition) is 2. The van der Waals surface area contributed by atoms with Crippen LogP contribution in [0.15, 0.2) is 24.3 Å². The van der Waals surface area contributed by atoms with E-state index >= 15 is 0 Å². The molecule has 0 aliphatic rings. The molecule has 0 fully saturated rings. The lowest BCUT2D eigenvalue weighted by molar-refractivity contribution is 0.195. The molecule has 2 N–H and O–H groups in total. The van der Waals surface area contributed by atoms with Crippen molar-refractivity contribution in [3.63, 3.8) is 0 Å². The first kappa shape index (κ1) is 13.4. The van der Waals surface area contributed by atoms with Crippen molar-refractivity contribution in [1.82, 2.24) is 10.6 Å². The molecule has 0 unspecified atom stereocenters. The Labute approximate surface area is 100 Å². The van der Waals surface area contributed by atoms with E-state index in [9.17, 15) is 9.18 Å². The minimum absolute atomic E-state index is 0.168. The van der Waals surface area contributed by atoms with Gasteiger partial charge in [-0.3, -0.25) is 0 Å². The molecule has 1 aromatic rings. The number of amides is 2. The van der Waals surface area contributed by atoms with Crippen LogP contribution in [0, 0.1) is 5.82 Å². The molecule has 1 rings (SSSR count). The molecule has 1 atom stereocenters. The highest BCUT2D eigenvalue weighted by molar-refractivity contribution is 5.74. The van der Waals surface area contributed by atoms with Gasteiger partial charge in [0.1, 0.15) is 5.82 Å². The van der Waals surface area contributed by atoms with Gasteiger partial charge < -0.3 is 15.4 Å². The molecule has 94 valence electrons. The second-order valence-electron chi connectivity index (χ2n) is 3.67. The first-order valence-electron chi connectivity index (χ1n) is 5.42. The van der Waals surface area contributed by atoms with E-state index in [1.54, 1.807) is 19.2 Å². The van der Waals surface area contributed by atoms with Gasteiger partial charge in [0.25, 0.3) is 0 Å². The fraction of sp³-hybridized carbons (Fsp3) is 0.417. The second kappa shape index (κ2) is 6.85. The Morgan fingerprint density at radius 3 is 2.65 bits per heavy atom. The molecule has 0 radical (unpaired) electrons. The highest BCUT2D eigenvalue weighted by Crippen LogP contribution is 2.12. The van der Waals surface area contributed by atoms with Crippen molar-refractivity contribution in [1.29, 1.82) is 0 Å². The molecule has 17 heavy (non-hydrogen) atoms. The van der Waals surface area contributed by atoms with Crippen molar-refractivity contribution in [2.75, 3.05) is 20.3 Å². The number of nitrogens with one attached hydrogen (secondary N) is 2. The normalized spacial score (nSPS) is 11.9. The average Bonchev–Trinajstić information content (AvgIpc) is 2.30. The Balaban J connectivity index is 2.40. The smallest absolute Gasteiger partial charge is 0.315 e. The molecule has 1 aromatic carbocycles. The van der Waals surface area contributed by atoms with Crippen molar-refractivity contribution in [2.24, 2.45) is 0 Å². The summed E-state index contributed by atoms with van der Waals surface area (Å²) in [6, 6.07) is 5.61. The SMILES string of the molecule is COCCNC(=O)N[C@H](C)c1ccc(F)cc1. The van der Waals surface area contributed by atoms with Crippen LogP contribution in [0.5, 0.6) is 0 Å². The maximum absolute atomic E-state index is 12.7. The van der Waals surface area contributed by atoms with E-state index in [-0.39, 0.29) is 17.9 Å². The highest BCUT2D eigenvalue weighted by atomic mass is 19.1. The maximum Gasteiger partial charge on any atom is 0.315 e. The van der Waals surface area contributed by atoms with Gasteiger partial charge in [0, 0.05) is 13.7 Å². The first-order chi connectivity index (χ1) is 8.13. The molecular weight excluding hydrogens is 223 g/mol. The number of carbonyl (C=O) groups is 1. The summed E-state index contributed by atoms with van der Waals surface area (Å²) in [5, 5.41) is 5.39. The third kappa shape index (κ3) is 4.82. The lowest BCUT2D eigenvalue weighted by Gasteiger charge is -2.14. The van der Waals surface area contributed by atoms with Gasteiger partial charge in [-0.1, -0.05) is 12.1 Å². The third-order valence-corrected chi connectivity index (χ3v) is 2.31. The molecule has 0 aliphatic heterocycles.